The van der Waals surface area contributed by atoms with Crippen molar-refractivity contribution in [1.82, 2.24) is 4.57 Å². The molecule has 286 valence electrons. The quantitative estimate of drug-likeness (QED) is 0.157. The summed E-state index contributed by atoms with van der Waals surface area (Å²) in [6.45, 7) is 0. The van der Waals surface area contributed by atoms with E-state index in [1.54, 1.807) is 0 Å². The normalized spacial score (nSPS) is 13.3. The van der Waals surface area contributed by atoms with Crippen LogP contribution in [0.25, 0.3) is 104 Å². The first-order chi connectivity index (χ1) is 30.8. The Kier molecular flexibility index (Phi) is 6.82. The zero-order chi connectivity index (χ0) is 40.5. The lowest BCUT2D eigenvalue weighted by Gasteiger charge is -2.30. The van der Waals surface area contributed by atoms with Crippen LogP contribution < -0.4 is 0 Å². The number of fused-ring (bicyclic) bond motifs is 19. The summed E-state index contributed by atoms with van der Waals surface area (Å²) in [5, 5.41) is 10.3. The van der Waals surface area contributed by atoms with Crippen molar-refractivity contribution < 1.29 is 0 Å². The number of hydrogen-bond acceptors (Lipinski definition) is 0. The Morgan fingerprint density at radius 2 is 0.726 bits per heavy atom. The molecule has 2 aliphatic carbocycles. The fourth-order valence-corrected chi connectivity index (χ4v) is 11.7. The van der Waals surface area contributed by atoms with Crippen molar-refractivity contribution in [3.8, 4) is 50.2 Å². The van der Waals surface area contributed by atoms with Gasteiger partial charge in [-0.25, -0.2) is 0 Å². The first-order valence-corrected chi connectivity index (χ1v) is 21.7. The van der Waals surface area contributed by atoms with Crippen LogP contribution in [0.1, 0.15) is 22.3 Å². The van der Waals surface area contributed by atoms with Gasteiger partial charge in [0.2, 0.25) is 0 Å². The average Bonchev–Trinajstić information content (AvgIpc) is 3.96. The molecule has 1 heteroatoms. The van der Waals surface area contributed by atoms with Crippen LogP contribution in [0.15, 0.2) is 224 Å². The summed E-state index contributed by atoms with van der Waals surface area (Å²) in [4.78, 5) is 0. The Balaban J connectivity index is 0.969. The minimum absolute atomic E-state index is 0.377. The molecule has 62 heavy (non-hydrogen) atoms. The number of benzene rings is 11. The van der Waals surface area contributed by atoms with Crippen molar-refractivity contribution in [3.05, 3.63) is 247 Å². The zero-order valence-electron chi connectivity index (χ0n) is 33.8. The van der Waals surface area contributed by atoms with Gasteiger partial charge in [-0.05, 0) is 129 Å². The highest BCUT2D eigenvalue weighted by Gasteiger charge is 2.51. The number of hydrogen-bond donors (Lipinski definition) is 0. The highest BCUT2D eigenvalue weighted by atomic mass is 15.0. The Bertz CT molecular complexity index is 3800. The average molecular weight is 784 g/mol. The van der Waals surface area contributed by atoms with Gasteiger partial charge in [-0.2, -0.15) is 0 Å². The van der Waals surface area contributed by atoms with E-state index in [9.17, 15) is 0 Å². The van der Waals surface area contributed by atoms with Gasteiger partial charge in [0, 0.05) is 16.5 Å². The van der Waals surface area contributed by atoms with E-state index in [2.05, 4.69) is 229 Å². The minimum Gasteiger partial charge on any atom is -0.309 e. The Morgan fingerprint density at radius 1 is 0.258 bits per heavy atom. The summed E-state index contributed by atoms with van der Waals surface area (Å²) in [7, 11) is 0. The third-order valence-corrected chi connectivity index (χ3v) is 14.2. The second-order valence-electron chi connectivity index (χ2n) is 17.1. The predicted octanol–water partition coefficient (Wildman–Crippen LogP) is 15.9. The molecule has 1 heterocycles. The van der Waals surface area contributed by atoms with Crippen LogP contribution in [0.2, 0.25) is 0 Å². The third kappa shape index (κ3) is 4.37. The van der Waals surface area contributed by atoms with Gasteiger partial charge in [0.15, 0.2) is 0 Å². The maximum atomic E-state index is 2.48. The highest BCUT2D eigenvalue weighted by molar-refractivity contribution is 6.26. The largest absolute Gasteiger partial charge is 0.309 e. The summed E-state index contributed by atoms with van der Waals surface area (Å²) in [6.07, 6.45) is 0. The molecule has 14 rings (SSSR count). The molecule has 0 fully saturated rings. The van der Waals surface area contributed by atoms with Crippen LogP contribution in [-0.4, -0.2) is 4.57 Å². The molecule has 1 spiro atoms. The molecule has 1 nitrogen and oxygen atoms in total. The van der Waals surface area contributed by atoms with Crippen LogP contribution in [0.5, 0.6) is 0 Å². The molecule has 0 saturated carbocycles. The Hall–Kier alpha value is -8.00. The van der Waals surface area contributed by atoms with E-state index in [0.717, 1.165) is 5.69 Å². The predicted molar refractivity (Wildman–Crippen MR) is 260 cm³/mol. The summed E-state index contributed by atoms with van der Waals surface area (Å²) in [6, 6.07) is 84.0. The standard InChI is InChI=1S/C61H37N/c1-2-19-45-43(17-1)44-18-3-4-20-46(44)53-36-38(31-33-47(45)53)39-32-34-51-50-23-8-12-30-58(50)62(59(51)37-39)41-16-13-15-40(35-41)42-25-14-29-57-60(42)52-24-7-11-28-56(52)61(57)54-26-9-5-21-48(54)49-22-6-10-27-55(49)61/h1-37H. The van der Waals surface area contributed by atoms with Crippen LogP contribution in [-0.2, 0) is 5.41 Å². The van der Waals surface area contributed by atoms with Gasteiger partial charge in [0.1, 0.15) is 0 Å². The van der Waals surface area contributed by atoms with E-state index in [-0.39, 0.29) is 5.41 Å². The van der Waals surface area contributed by atoms with Crippen LogP contribution in [0.3, 0.4) is 0 Å². The molecule has 1 aromatic heterocycles. The molecule has 0 radical (unpaired) electrons. The lowest BCUT2D eigenvalue weighted by atomic mass is 9.70. The Morgan fingerprint density at radius 3 is 1.42 bits per heavy atom. The SMILES string of the molecule is c1cc(-c2cccc3c2-c2ccccc2C32c3ccccc3-c3ccccc32)cc(-n2c3ccccc3c3ccc(-c4ccc5c6ccccc6c6ccccc6c5c4)cc32)c1. The molecule has 0 amide bonds. The van der Waals surface area contributed by atoms with E-state index in [1.165, 1.54) is 121 Å². The van der Waals surface area contributed by atoms with Crippen molar-refractivity contribution in [2.75, 3.05) is 0 Å². The van der Waals surface area contributed by atoms with Gasteiger partial charge in [-0.1, -0.05) is 194 Å². The summed E-state index contributed by atoms with van der Waals surface area (Å²) in [5.74, 6) is 0. The molecule has 0 atom stereocenters. The fourth-order valence-electron chi connectivity index (χ4n) is 11.7. The fraction of sp³-hybridized carbons (Fsp3) is 0.0164. The first kappa shape index (κ1) is 33.8. The van der Waals surface area contributed by atoms with E-state index >= 15 is 0 Å². The summed E-state index contributed by atoms with van der Waals surface area (Å²) in [5.41, 5.74) is 18.8. The zero-order valence-corrected chi connectivity index (χ0v) is 33.8. The van der Waals surface area contributed by atoms with Crippen LogP contribution in [0.4, 0.5) is 0 Å². The summed E-state index contributed by atoms with van der Waals surface area (Å²) < 4.78 is 2.48. The van der Waals surface area contributed by atoms with Crippen molar-refractivity contribution in [2.45, 2.75) is 5.41 Å². The lowest BCUT2D eigenvalue weighted by Crippen LogP contribution is -2.25. The monoisotopic (exact) mass is 783 g/mol. The molecule has 0 unspecified atom stereocenters. The second-order valence-corrected chi connectivity index (χ2v) is 17.1. The Labute approximate surface area is 359 Å². The van der Waals surface area contributed by atoms with E-state index < -0.39 is 0 Å². The topological polar surface area (TPSA) is 4.93 Å². The van der Waals surface area contributed by atoms with Crippen LogP contribution in [0, 0.1) is 0 Å². The first-order valence-electron chi connectivity index (χ1n) is 21.7. The van der Waals surface area contributed by atoms with Gasteiger partial charge in [0.05, 0.1) is 16.4 Å². The molecular weight excluding hydrogens is 747 g/mol. The molecule has 12 aromatic rings. The number of rotatable bonds is 3. The molecule has 0 bridgehead atoms. The number of aromatic nitrogens is 1. The number of para-hydroxylation sites is 1. The van der Waals surface area contributed by atoms with Gasteiger partial charge in [-0.15, -0.1) is 0 Å². The molecule has 0 saturated heterocycles. The second kappa shape index (κ2) is 12.5. The molecule has 0 aliphatic heterocycles. The van der Waals surface area contributed by atoms with E-state index in [1.807, 2.05) is 0 Å². The summed E-state index contributed by atoms with van der Waals surface area (Å²) >= 11 is 0. The number of nitrogens with zero attached hydrogens (tertiary/aromatic N) is 1. The maximum Gasteiger partial charge on any atom is 0.0725 e. The third-order valence-electron chi connectivity index (χ3n) is 14.2. The molecule has 2 aliphatic rings. The van der Waals surface area contributed by atoms with E-state index in [0.29, 0.717) is 0 Å². The minimum atomic E-state index is -0.377. The van der Waals surface area contributed by atoms with Crippen molar-refractivity contribution in [1.29, 1.82) is 0 Å². The molecular formula is C61H37N. The van der Waals surface area contributed by atoms with Gasteiger partial charge >= 0.3 is 0 Å². The van der Waals surface area contributed by atoms with E-state index in [4.69, 9.17) is 0 Å². The van der Waals surface area contributed by atoms with Crippen molar-refractivity contribution in [2.24, 2.45) is 0 Å². The van der Waals surface area contributed by atoms with Crippen molar-refractivity contribution in [3.63, 3.8) is 0 Å². The maximum absolute atomic E-state index is 2.48. The molecule has 0 N–H and O–H groups in total. The smallest absolute Gasteiger partial charge is 0.0725 e. The van der Waals surface area contributed by atoms with Crippen molar-refractivity contribution >= 4 is 54.1 Å². The van der Waals surface area contributed by atoms with Gasteiger partial charge < -0.3 is 4.57 Å². The molecule has 11 aromatic carbocycles. The van der Waals surface area contributed by atoms with Gasteiger partial charge in [0.25, 0.3) is 0 Å². The lowest BCUT2D eigenvalue weighted by molar-refractivity contribution is 0.794. The highest BCUT2D eigenvalue weighted by Crippen LogP contribution is 2.64. The van der Waals surface area contributed by atoms with Crippen LogP contribution >= 0.6 is 0 Å². The van der Waals surface area contributed by atoms with Gasteiger partial charge in [-0.3, -0.25) is 0 Å².